The maximum atomic E-state index is 14.0. The maximum Gasteiger partial charge on any atom is 0.264 e. The molecule has 0 aliphatic heterocycles. The fourth-order valence-corrected chi connectivity index (χ4v) is 5.76. The van der Waals surface area contributed by atoms with Crippen LogP contribution in [0.5, 0.6) is 0 Å². The third-order valence-electron chi connectivity index (χ3n) is 6.55. The van der Waals surface area contributed by atoms with Crippen LogP contribution in [0.4, 0.5) is 5.69 Å². The minimum atomic E-state index is -4.17. The zero-order valence-corrected chi connectivity index (χ0v) is 25.6. The van der Waals surface area contributed by atoms with E-state index in [9.17, 15) is 18.0 Å². The lowest BCUT2D eigenvalue weighted by atomic mass is 10.1. The highest BCUT2D eigenvalue weighted by Crippen LogP contribution is 2.27. The van der Waals surface area contributed by atoms with Crippen LogP contribution in [0, 0.1) is 19.8 Å². The Kier molecular flexibility index (Phi) is 10.6. The lowest BCUT2D eigenvalue weighted by Crippen LogP contribution is -2.51. The summed E-state index contributed by atoms with van der Waals surface area (Å²) in [6.45, 7) is 9.38. The largest absolute Gasteiger partial charge is 0.354 e. The first kappa shape index (κ1) is 31.5. The molecule has 3 aromatic carbocycles. The number of benzene rings is 3. The molecule has 0 saturated heterocycles. The van der Waals surface area contributed by atoms with Gasteiger partial charge in [-0.2, -0.15) is 0 Å². The highest BCUT2D eigenvalue weighted by Gasteiger charge is 2.32. The van der Waals surface area contributed by atoms with Gasteiger partial charge in [0, 0.05) is 23.1 Å². The Morgan fingerprint density at radius 3 is 2.15 bits per heavy atom. The fraction of sp³-hybridized carbons (Fsp3) is 0.333. The number of amides is 2. The Morgan fingerprint density at radius 2 is 1.55 bits per heavy atom. The molecular formula is C30H35Cl2N3O4S. The van der Waals surface area contributed by atoms with Gasteiger partial charge in [-0.1, -0.05) is 55.2 Å². The van der Waals surface area contributed by atoms with E-state index < -0.39 is 28.5 Å². The van der Waals surface area contributed by atoms with E-state index >= 15 is 0 Å². The highest BCUT2D eigenvalue weighted by atomic mass is 35.5. The Hall–Kier alpha value is -3.07. The summed E-state index contributed by atoms with van der Waals surface area (Å²) in [6.07, 6.45) is 0. The molecule has 1 N–H and O–H groups in total. The molecule has 0 fully saturated rings. The van der Waals surface area contributed by atoms with Crippen molar-refractivity contribution < 1.29 is 18.0 Å². The topological polar surface area (TPSA) is 86.8 Å². The number of aryl methyl sites for hydroxylation is 2. The number of nitrogens with zero attached hydrogens (tertiary/aromatic N) is 2. The molecule has 214 valence electrons. The number of hydrogen-bond donors (Lipinski definition) is 1. The van der Waals surface area contributed by atoms with Crippen LogP contribution >= 0.6 is 23.2 Å². The number of nitrogens with one attached hydrogen (secondary N) is 1. The van der Waals surface area contributed by atoms with E-state index in [1.165, 1.54) is 29.2 Å². The first-order valence-electron chi connectivity index (χ1n) is 13.0. The molecule has 10 heteroatoms. The average Bonchev–Trinajstić information content (AvgIpc) is 2.90. The Morgan fingerprint density at radius 1 is 0.875 bits per heavy atom. The number of halogens is 2. The summed E-state index contributed by atoms with van der Waals surface area (Å²) in [5, 5.41) is 3.75. The van der Waals surface area contributed by atoms with Crippen molar-refractivity contribution in [1.82, 2.24) is 10.2 Å². The monoisotopic (exact) mass is 603 g/mol. The van der Waals surface area contributed by atoms with Gasteiger partial charge in [0.2, 0.25) is 11.8 Å². The number of hydrogen-bond acceptors (Lipinski definition) is 4. The van der Waals surface area contributed by atoms with Gasteiger partial charge in [-0.15, -0.1) is 0 Å². The molecule has 0 aromatic heterocycles. The van der Waals surface area contributed by atoms with Crippen molar-refractivity contribution in [1.29, 1.82) is 0 Å². The molecule has 0 saturated carbocycles. The fourth-order valence-electron chi connectivity index (χ4n) is 4.01. The third kappa shape index (κ3) is 7.99. The summed E-state index contributed by atoms with van der Waals surface area (Å²) >= 11 is 12.2. The second-order valence-corrected chi connectivity index (χ2v) is 12.9. The minimum Gasteiger partial charge on any atom is -0.354 e. The lowest BCUT2D eigenvalue weighted by molar-refractivity contribution is -0.139. The highest BCUT2D eigenvalue weighted by molar-refractivity contribution is 7.92. The summed E-state index contributed by atoms with van der Waals surface area (Å²) in [7, 11) is -4.17. The van der Waals surface area contributed by atoms with Crippen molar-refractivity contribution in [2.75, 3.05) is 17.4 Å². The van der Waals surface area contributed by atoms with Gasteiger partial charge in [-0.3, -0.25) is 13.9 Å². The smallest absolute Gasteiger partial charge is 0.264 e. The van der Waals surface area contributed by atoms with Crippen molar-refractivity contribution in [3.8, 4) is 0 Å². The van der Waals surface area contributed by atoms with Gasteiger partial charge in [-0.05, 0) is 91.9 Å². The van der Waals surface area contributed by atoms with E-state index in [1.54, 1.807) is 43.3 Å². The van der Waals surface area contributed by atoms with Gasteiger partial charge in [0.05, 0.1) is 10.6 Å². The van der Waals surface area contributed by atoms with Crippen molar-refractivity contribution in [3.05, 3.63) is 93.5 Å². The Bertz CT molecular complexity index is 1460. The average molecular weight is 605 g/mol. The summed E-state index contributed by atoms with van der Waals surface area (Å²) < 4.78 is 28.9. The SMILES string of the molecule is Cc1ccc(N(CC(=O)N(Cc2cccc(Cl)c2)[C@H](C)C(=O)NCC(C)C)S(=O)(=O)c2ccc(Cl)cc2)cc1C. The van der Waals surface area contributed by atoms with Gasteiger partial charge in [-0.25, -0.2) is 8.42 Å². The molecule has 0 aliphatic rings. The van der Waals surface area contributed by atoms with Gasteiger partial charge in [0.15, 0.2) is 0 Å². The predicted octanol–water partition coefficient (Wildman–Crippen LogP) is 6.00. The normalized spacial score (nSPS) is 12.2. The molecule has 7 nitrogen and oxygen atoms in total. The molecule has 0 spiro atoms. The second-order valence-electron chi connectivity index (χ2n) is 10.2. The molecule has 1 atom stereocenters. The Labute approximate surface area is 247 Å². The lowest BCUT2D eigenvalue weighted by Gasteiger charge is -2.32. The van der Waals surface area contributed by atoms with Crippen LogP contribution in [0.15, 0.2) is 71.6 Å². The van der Waals surface area contributed by atoms with Crippen LogP contribution in [-0.4, -0.2) is 44.3 Å². The summed E-state index contributed by atoms with van der Waals surface area (Å²) in [4.78, 5) is 28.4. The molecule has 3 aromatic rings. The molecule has 0 aliphatic carbocycles. The van der Waals surface area contributed by atoms with Crippen LogP contribution < -0.4 is 9.62 Å². The zero-order chi connectivity index (χ0) is 29.6. The molecule has 0 radical (unpaired) electrons. The summed E-state index contributed by atoms with van der Waals surface area (Å²) in [5.74, 6) is -0.650. The minimum absolute atomic E-state index is 0.00737. The van der Waals surface area contributed by atoms with Crippen molar-refractivity contribution >= 4 is 50.7 Å². The summed E-state index contributed by atoms with van der Waals surface area (Å²) in [6, 6.07) is 17.1. The third-order valence-corrected chi connectivity index (χ3v) is 8.83. The maximum absolute atomic E-state index is 14.0. The standard InChI is InChI=1S/C30H35Cl2N3O4S/c1-20(2)17-33-30(37)23(5)34(18-24-7-6-8-26(32)16-24)29(36)19-35(27-12-9-21(3)22(4)15-27)40(38,39)28-13-10-25(31)11-14-28/h6-16,20,23H,17-19H2,1-5H3,(H,33,37)/t23-/m1/s1. The summed E-state index contributed by atoms with van der Waals surface area (Å²) in [5.41, 5.74) is 2.91. The van der Waals surface area contributed by atoms with Crippen LogP contribution in [0.1, 0.15) is 37.5 Å². The molecule has 0 unspecified atom stereocenters. The molecule has 0 heterocycles. The van der Waals surface area contributed by atoms with E-state index in [-0.39, 0.29) is 23.3 Å². The number of sulfonamides is 1. The van der Waals surface area contributed by atoms with Gasteiger partial charge in [0.1, 0.15) is 12.6 Å². The first-order valence-corrected chi connectivity index (χ1v) is 15.2. The van der Waals surface area contributed by atoms with Gasteiger partial charge < -0.3 is 10.2 Å². The Balaban J connectivity index is 2.04. The van der Waals surface area contributed by atoms with E-state index in [2.05, 4.69) is 5.32 Å². The first-order chi connectivity index (χ1) is 18.8. The number of carbonyl (C=O) groups is 2. The zero-order valence-electron chi connectivity index (χ0n) is 23.3. The van der Waals surface area contributed by atoms with E-state index in [0.29, 0.717) is 27.8 Å². The predicted molar refractivity (Wildman–Crippen MR) is 161 cm³/mol. The van der Waals surface area contributed by atoms with Crippen LogP contribution in [0.25, 0.3) is 0 Å². The van der Waals surface area contributed by atoms with Crippen molar-refractivity contribution in [2.24, 2.45) is 5.92 Å². The molecule has 2 amide bonds. The quantitative estimate of drug-likeness (QED) is 0.291. The van der Waals surface area contributed by atoms with Gasteiger partial charge in [0.25, 0.3) is 10.0 Å². The second kappa shape index (κ2) is 13.5. The van der Waals surface area contributed by atoms with Crippen molar-refractivity contribution in [2.45, 2.75) is 52.1 Å². The van der Waals surface area contributed by atoms with Gasteiger partial charge >= 0.3 is 0 Å². The van der Waals surface area contributed by atoms with E-state index in [1.807, 2.05) is 33.8 Å². The molecular weight excluding hydrogens is 569 g/mol. The molecule has 3 rings (SSSR count). The van der Waals surface area contributed by atoms with E-state index in [0.717, 1.165) is 15.4 Å². The van der Waals surface area contributed by atoms with Crippen molar-refractivity contribution in [3.63, 3.8) is 0 Å². The van der Waals surface area contributed by atoms with Crippen LogP contribution in [-0.2, 0) is 26.2 Å². The van der Waals surface area contributed by atoms with Crippen LogP contribution in [0.2, 0.25) is 10.0 Å². The number of rotatable bonds is 11. The van der Waals surface area contributed by atoms with E-state index in [4.69, 9.17) is 23.2 Å². The molecule has 0 bridgehead atoms. The molecule has 40 heavy (non-hydrogen) atoms. The number of carbonyl (C=O) groups excluding carboxylic acids is 2. The van der Waals surface area contributed by atoms with Crippen LogP contribution in [0.3, 0.4) is 0 Å². The number of anilines is 1.